The van der Waals surface area contributed by atoms with Crippen molar-refractivity contribution in [3.05, 3.63) is 23.2 Å². The Bertz CT molecular complexity index is 603. The first-order valence-electron chi connectivity index (χ1n) is 6.55. The van der Waals surface area contributed by atoms with E-state index in [1.165, 1.54) is 18.2 Å². The molecular weight excluding hydrogens is 314 g/mol. The van der Waals surface area contributed by atoms with Crippen LogP contribution in [0.15, 0.2) is 23.1 Å². The smallest absolute Gasteiger partial charge is 0.238 e. The van der Waals surface area contributed by atoms with Crippen LogP contribution in [0, 0.1) is 0 Å². The molecule has 21 heavy (non-hydrogen) atoms. The Morgan fingerprint density at radius 2 is 2.05 bits per heavy atom. The van der Waals surface area contributed by atoms with E-state index in [2.05, 4.69) is 10.6 Å². The molecule has 0 spiro atoms. The second-order valence-corrected chi connectivity index (χ2v) is 6.92. The summed E-state index contributed by atoms with van der Waals surface area (Å²) in [4.78, 5) is 11.7. The van der Waals surface area contributed by atoms with E-state index >= 15 is 0 Å². The van der Waals surface area contributed by atoms with E-state index in [1.54, 1.807) is 0 Å². The Hall–Kier alpha value is -1.15. The van der Waals surface area contributed by atoms with Crippen LogP contribution in [0.1, 0.15) is 26.7 Å². The van der Waals surface area contributed by atoms with Crippen LogP contribution in [-0.2, 0) is 14.8 Å². The van der Waals surface area contributed by atoms with Gasteiger partial charge in [0.15, 0.2) is 0 Å². The van der Waals surface area contributed by atoms with Gasteiger partial charge in [0.25, 0.3) is 0 Å². The highest BCUT2D eigenvalue weighted by atomic mass is 35.5. The van der Waals surface area contributed by atoms with Crippen molar-refractivity contribution in [1.82, 2.24) is 5.32 Å². The monoisotopic (exact) mass is 333 g/mol. The molecule has 1 rings (SSSR count). The first kappa shape index (κ1) is 17.9. The zero-order valence-electron chi connectivity index (χ0n) is 12.0. The average Bonchev–Trinajstić information content (AvgIpc) is 2.36. The van der Waals surface area contributed by atoms with E-state index in [0.717, 1.165) is 6.54 Å². The predicted octanol–water partition coefficient (Wildman–Crippen LogP) is 1.70. The second-order valence-electron chi connectivity index (χ2n) is 4.95. The topological polar surface area (TPSA) is 101 Å². The van der Waals surface area contributed by atoms with Crippen LogP contribution < -0.4 is 15.8 Å². The van der Waals surface area contributed by atoms with Gasteiger partial charge in [0.2, 0.25) is 15.9 Å². The predicted molar refractivity (Wildman–Crippen MR) is 83.8 cm³/mol. The van der Waals surface area contributed by atoms with Crippen LogP contribution in [0.5, 0.6) is 0 Å². The van der Waals surface area contributed by atoms with Gasteiger partial charge < -0.3 is 10.6 Å². The van der Waals surface area contributed by atoms with Gasteiger partial charge in [0.05, 0.1) is 15.6 Å². The molecule has 0 atom stereocenters. The number of hydrogen-bond donors (Lipinski definition) is 3. The summed E-state index contributed by atoms with van der Waals surface area (Å²) in [6.45, 7) is 4.78. The summed E-state index contributed by atoms with van der Waals surface area (Å²) in [6.07, 6.45) is 0.992. The fourth-order valence-corrected chi connectivity index (χ4v) is 2.33. The molecule has 0 unspecified atom stereocenters. The molecule has 1 aromatic rings. The Balaban J connectivity index is 2.64. The van der Waals surface area contributed by atoms with Gasteiger partial charge >= 0.3 is 0 Å². The maximum atomic E-state index is 11.8. The number of halogens is 1. The summed E-state index contributed by atoms with van der Waals surface area (Å²) in [7, 11) is -3.83. The Labute approximate surface area is 130 Å². The van der Waals surface area contributed by atoms with E-state index in [1.807, 2.05) is 13.8 Å². The standard InChI is InChI=1S/C13H20ClN3O3S/c1-9(2)16-7-3-4-13(18)17-12-8-10(21(15,19)20)5-6-11(12)14/h5-6,8-9,16H,3-4,7H2,1-2H3,(H,17,18)(H2,15,19,20). The molecule has 1 amide bonds. The summed E-state index contributed by atoms with van der Waals surface area (Å²) in [5.74, 6) is -0.228. The quantitative estimate of drug-likeness (QED) is 0.661. The first-order chi connectivity index (χ1) is 9.70. The van der Waals surface area contributed by atoms with Crippen LogP contribution >= 0.6 is 11.6 Å². The van der Waals surface area contributed by atoms with Crippen LogP contribution in [0.4, 0.5) is 5.69 Å². The minimum Gasteiger partial charge on any atom is -0.325 e. The largest absolute Gasteiger partial charge is 0.325 e. The molecule has 0 aliphatic heterocycles. The molecule has 0 aliphatic rings. The summed E-state index contributed by atoms with van der Waals surface area (Å²) in [6, 6.07) is 4.30. The lowest BCUT2D eigenvalue weighted by Crippen LogP contribution is -2.24. The molecule has 0 saturated carbocycles. The van der Waals surface area contributed by atoms with Crippen LogP contribution in [-0.4, -0.2) is 26.9 Å². The zero-order chi connectivity index (χ0) is 16.0. The molecule has 0 heterocycles. The van der Waals surface area contributed by atoms with Gasteiger partial charge in [-0.05, 0) is 31.2 Å². The van der Waals surface area contributed by atoms with Crippen molar-refractivity contribution in [2.24, 2.45) is 5.14 Å². The van der Waals surface area contributed by atoms with Gasteiger partial charge in [-0.15, -0.1) is 0 Å². The summed E-state index contributed by atoms with van der Waals surface area (Å²) in [5, 5.41) is 11.1. The van der Waals surface area contributed by atoms with Gasteiger partial charge in [-0.2, -0.15) is 0 Å². The highest BCUT2D eigenvalue weighted by Crippen LogP contribution is 2.24. The van der Waals surface area contributed by atoms with Crippen LogP contribution in [0.2, 0.25) is 5.02 Å². The number of anilines is 1. The number of nitrogens with one attached hydrogen (secondary N) is 2. The number of amides is 1. The third kappa shape index (κ3) is 6.43. The van der Waals surface area contributed by atoms with E-state index in [-0.39, 0.29) is 21.5 Å². The minimum atomic E-state index is -3.83. The van der Waals surface area contributed by atoms with Crippen molar-refractivity contribution >= 4 is 33.2 Å². The second kappa shape index (κ2) is 7.74. The molecule has 8 heteroatoms. The number of carbonyl (C=O) groups excluding carboxylic acids is 1. The number of rotatable bonds is 7. The summed E-state index contributed by atoms with van der Waals surface area (Å²) >= 11 is 5.93. The Morgan fingerprint density at radius 1 is 1.38 bits per heavy atom. The fraction of sp³-hybridized carbons (Fsp3) is 0.462. The lowest BCUT2D eigenvalue weighted by atomic mass is 10.2. The Kier molecular flexibility index (Phi) is 6.60. The van der Waals surface area contributed by atoms with E-state index in [0.29, 0.717) is 18.9 Å². The lowest BCUT2D eigenvalue weighted by Gasteiger charge is -2.10. The molecule has 0 aromatic heterocycles. The number of primary sulfonamides is 1. The molecular formula is C13H20ClN3O3S. The number of nitrogens with two attached hydrogens (primary N) is 1. The molecule has 0 aliphatic carbocycles. The molecule has 118 valence electrons. The maximum absolute atomic E-state index is 11.8. The third-order valence-corrected chi connectivity index (χ3v) is 3.91. The highest BCUT2D eigenvalue weighted by Gasteiger charge is 2.12. The first-order valence-corrected chi connectivity index (χ1v) is 8.48. The molecule has 1 aromatic carbocycles. The average molecular weight is 334 g/mol. The number of carbonyl (C=O) groups is 1. The van der Waals surface area contributed by atoms with E-state index in [9.17, 15) is 13.2 Å². The normalized spacial score (nSPS) is 11.7. The zero-order valence-corrected chi connectivity index (χ0v) is 13.6. The van der Waals surface area contributed by atoms with Gasteiger partial charge in [-0.25, -0.2) is 13.6 Å². The van der Waals surface area contributed by atoms with Gasteiger partial charge in [0.1, 0.15) is 0 Å². The number of hydrogen-bond acceptors (Lipinski definition) is 4. The van der Waals surface area contributed by atoms with Crippen LogP contribution in [0.25, 0.3) is 0 Å². The number of benzene rings is 1. The highest BCUT2D eigenvalue weighted by molar-refractivity contribution is 7.89. The molecule has 0 fully saturated rings. The van der Waals surface area contributed by atoms with Gasteiger partial charge in [-0.3, -0.25) is 4.79 Å². The van der Waals surface area contributed by atoms with Crippen molar-refractivity contribution in [3.8, 4) is 0 Å². The summed E-state index contributed by atoms with van der Waals surface area (Å²) in [5.41, 5.74) is 0.241. The fourth-order valence-electron chi connectivity index (χ4n) is 1.63. The van der Waals surface area contributed by atoms with Crippen molar-refractivity contribution in [1.29, 1.82) is 0 Å². The van der Waals surface area contributed by atoms with Gasteiger partial charge in [0, 0.05) is 12.5 Å². The van der Waals surface area contributed by atoms with E-state index in [4.69, 9.17) is 16.7 Å². The van der Waals surface area contributed by atoms with Crippen molar-refractivity contribution < 1.29 is 13.2 Å². The summed E-state index contributed by atoms with van der Waals surface area (Å²) < 4.78 is 22.5. The molecule has 4 N–H and O–H groups in total. The molecule has 0 saturated heterocycles. The van der Waals surface area contributed by atoms with Crippen molar-refractivity contribution in [2.45, 2.75) is 37.6 Å². The molecule has 0 radical (unpaired) electrons. The van der Waals surface area contributed by atoms with Crippen LogP contribution in [0.3, 0.4) is 0 Å². The minimum absolute atomic E-state index is 0.0938. The van der Waals surface area contributed by atoms with Crippen molar-refractivity contribution in [3.63, 3.8) is 0 Å². The third-order valence-electron chi connectivity index (χ3n) is 2.67. The SMILES string of the molecule is CC(C)NCCCC(=O)Nc1cc(S(N)(=O)=O)ccc1Cl. The Morgan fingerprint density at radius 3 is 2.62 bits per heavy atom. The molecule has 0 bridgehead atoms. The van der Waals surface area contributed by atoms with Gasteiger partial charge in [-0.1, -0.05) is 25.4 Å². The maximum Gasteiger partial charge on any atom is 0.238 e. The lowest BCUT2D eigenvalue weighted by molar-refractivity contribution is -0.116. The van der Waals surface area contributed by atoms with Crippen molar-refractivity contribution in [2.75, 3.05) is 11.9 Å². The van der Waals surface area contributed by atoms with E-state index < -0.39 is 10.0 Å². The molecule has 6 nitrogen and oxygen atoms in total. The number of sulfonamides is 1.